The van der Waals surface area contributed by atoms with E-state index in [2.05, 4.69) is 21.5 Å². The summed E-state index contributed by atoms with van der Waals surface area (Å²) < 4.78 is 10.7. The van der Waals surface area contributed by atoms with Gasteiger partial charge in [-0.3, -0.25) is 4.99 Å². The first-order valence-electron chi connectivity index (χ1n) is 6.97. The molecule has 0 amide bonds. The standard InChI is InChI=1S/C16H21N3O2.HI/c1-4-9-21-15-10-12(5-8-14(15)20-3)11-18-16(17-2)19-13-6-7-13;/h1,5,8,10,13H,6-7,9,11H2,2-3H3,(H2,17,18,19);1H. The van der Waals surface area contributed by atoms with Gasteiger partial charge in [0.2, 0.25) is 0 Å². The summed E-state index contributed by atoms with van der Waals surface area (Å²) in [5.74, 6) is 4.60. The summed E-state index contributed by atoms with van der Waals surface area (Å²) in [6.07, 6.45) is 7.65. The topological polar surface area (TPSA) is 54.9 Å². The average Bonchev–Trinajstić information content (AvgIpc) is 3.33. The molecule has 2 rings (SSSR count). The number of aliphatic imine (C=N–C) groups is 1. The van der Waals surface area contributed by atoms with Crippen molar-refractivity contribution in [1.29, 1.82) is 0 Å². The van der Waals surface area contributed by atoms with E-state index in [0.29, 0.717) is 24.1 Å². The minimum absolute atomic E-state index is 0. The molecule has 5 nitrogen and oxygen atoms in total. The van der Waals surface area contributed by atoms with Gasteiger partial charge in [-0.05, 0) is 30.5 Å². The summed E-state index contributed by atoms with van der Waals surface area (Å²) in [6.45, 7) is 0.876. The normalized spacial score (nSPS) is 13.6. The molecule has 0 heterocycles. The van der Waals surface area contributed by atoms with Crippen molar-refractivity contribution in [2.75, 3.05) is 20.8 Å². The Morgan fingerprint density at radius 1 is 1.41 bits per heavy atom. The highest BCUT2D eigenvalue weighted by atomic mass is 127. The van der Waals surface area contributed by atoms with Crippen LogP contribution in [0.1, 0.15) is 18.4 Å². The first-order valence-corrected chi connectivity index (χ1v) is 6.97. The van der Waals surface area contributed by atoms with Gasteiger partial charge in [-0.15, -0.1) is 30.4 Å². The third-order valence-electron chi connectivity index (χ3n) is 3.14. The van der Waals surface area contributed by atoms with Gasteiger partial charge in [0.1, 0.15) is 6.61 Å². The average molecular weight is 415 g/mol. The maximum atomic E-state index is 5.49. The van der Waals surface area contributed by atoms with Crippen molar-refractivity contribution < 1.29 is 9.47 Å². The van der Waals surface area contributed by atoms with Crippen molar-refractivity contribution in [2.24, 2.45) is 4.99 Å². The lowest BCUT2D eigenvalue weighted by molar-refractivity contribution is 0.330. The van der Waals surface area contributed by atoms with Crippen molar-refractivity contribution in [1.82, 2.24) is 10.6 Å². The van der Waals surface area contributed by atoms with E-state index in [9.17, 15) is 0 Å². The molecule has 0 radical (unpaired) electrons. The molecule has 2 N–H and O–H groups in total. The monoisotopic (exact) mass is 415 g/mol. The van der Waals surface area contributed by atoms with Crippen LogP contribution in [0.4, 0.5) is 0 Å². The SMILES string of the molecule is C#CCOc1cc(CNC(=NC)NC2CC2)ccc1OC.I. The maximum Gasteiger partial charge on any atom is 0.191 e. The molecule has 6 heteroatoms. The van der Waals surface area contributed by atoms with E-state index in [1.165, 1.54) is 12.8 Å². The number of nitrogens with zero attached hydrogens (tertiary/aromatic N) is 1. The molecule has 0 spiro atoms. The molecular formula is C16H22IN3O2. The highest BCUT2D eigenvalue weighted by Gasteiger charge is 2.22. The van der Waals surface area contributed by atoms with Gasteiger partial charge >= 0.3 is 0 Å². The fourth-order valence-electron chi connectivity index (χ4n) is 1.86. The van der Waals surface area contributed by atoms with E-state index in [1.807, 2.05) is 18.2 Å². The molecule has 0 unspecified atom stereocenters. The van der Waals surface area contributed by atoms with Gasteiger partial charge in [0.15, 0.2) is 17.5 Å². The Kier molecular flexibility index (Phi) is 7.88. The van der Waals surface area contributed by atoms with E-state index in [0.717, 1.165) is 11.5 Å². The fraction of sp³-hybridized carbons (Fsp3) is 0.438. The van der Waals surface area contributed by atoms with Crippen molar-refractivity contribution in [2.45, 2.75) is 25.4 Å². The van der Waals surface area contributed by atoms with Gasteiger partial charge in [0.05, 0.1) is 7.11 Å². The van der Waals surface area contributed by atoms with Crippen LogP contribution >= 0.6 is 24.0 Å². The molecule has 1 fully saturated rings. The number of ether oxygens (including phenoxy) is 2. The van der Waals surface area contributed by atoms with Crippen LogP contribution in [-0.4, -0.2) is 32.8 Å². The van der Waals surface area contributed by atoms with Gasteiger partial charge in [-0.1, -0.05) is 12.0 Å². The Balaban J connectivity index is 0.00000242. The van der Waals surface area contributed by atoms with E-state index in [4.69, 9.17) is 15.9 Å². The second kappa shape index (κ2) is 9.41. The largest absolute Gasteiger partial charge is 0.493 e. The zero-order valence-electron chi connectivity index (χ0n) is 12.9. The first-order chi connectivity index (χ1) is 10.3. The number of methoxy groups -OCH3 is 1. The van der Waals surface area contributed by atoms with Gasteiger partial charge < -0.3 is 20.1 Å². The van der Waals surface area contributed by atoms with Crippen LogP contribution in [0.2, 0.25) is 0 Å². The van der Waals surface area contributed by atoms with Crippen LogP contribution in [0.3, 0.4) is 0 Å². The molecule has 1 aromatic carbocycles. The molecule has 22 heavy (non-hydrogen) atoms. The van der Waals surface area contributed by atoms with Gasteiger partial charge in [-0.2, -0.15) is 0 Å². The number of hydrogen-bond acceptors (Lipinski definition) is 3. The van der Waals surface area contributed by atoms with Crippen molar-refractivity contribution in [3.63, 3.8) is 0 Å². The minimum Gasteiger partial charge on any atom is -0.493 e. The smallest absolute Gasteiger partial charge is 0.191 e. The Morgan fingerprint density at radius 2 is 2.18 bits per heavy atom. The lowest BCUT2D eigenvalue weighted by atomic mass is 10.2. The van der Waals surface area contributed by atoms with Crippen LogP contribution < -0.4 is 20.1 Å². The summed E-state index contributed by atoms with van der Waals surface area (Å²) in [6, 6.07) is 6.36. The van der Waals surface area contributed by atoms with Crippen LogP contribution in [-0.2, 0) is 6.54 Å². The molecule has 120 valence electrons. The highest BCUT2D eigenvalue weighted by molar-refractivity contribution is 14.0. The predicted octanol–water partition coefficient (Wildman–Crippen LogP) is 2.15. The molecule has 0 saturated heterocycles. The van der Waals surface area contributed by atoms with Crippen LogP contribution in [0.15, 0.2) is 23.2 Å². The van der Waals surface area contributed by atoms with Crippen molar-refractivity contribution in [3.8, 4) is 23.8 Å². The molecule has 1 aromatic rings. The second-order valence-corrected chi connectivity index (χ2v) is 4.82. The van der Waals surface area contributed by atoms with Crippen LogP contribution in [0.25, 0.3) is 0 Å². The molecule has 0 bridgehead atoms. The van der Waals surface area contributed by atoms with Gasteiger partial charge in [-0.25, -0.2) is 0 Å². The first kappa shape index (κ1) is 18.4. The predicted molar refractivity (Wildman–Crippen MR) is 99.1 cm³/mol. The lowest BCUT2D eigenvalue weighted by Crippen LogP contribution is -2.38. The summed E-state index contributed by atoms with van der Waals surface area (Å²) in [7, 11) is 3.38. The van der Waals surface area contributed by atoms with E-state index in [-0.39, 0.29) is 30.6 Å². The maximum absolute atomic E-state index is 5.49. The molecule has 0 atom stereocenters. The molecule has 0 aromatic heterocycles. The van der Waals surface area contributed by atoms with Gasteiger partial charge in [0, 0.05) is 19.6 Å². The Hall–Kier alpha value is -1.62. The minimum atomic E-state index is 0. The van der Waals surface area contributed by atoms with Gasteiger partial charge in [0.25, 0.3) is 0 Å². The molecule has 0 aliphatic heterocycles. The number of hydrogen-bond donors (Lipinski definition) is 2. The number of benzene rings is 1. The zero-order valence-corrected chi connectivity index (χ0v) is 15.2. The quantitative estimate of drug-likeness (QED) is 0.324. The van der Waals surface area contributed by atoms with E-state index in [1.54, 1.807) is 14.2 Å². The Morgan fingerprint density at radius 3 is 2.77 bits per heavy atom. The number of nitrogens with one attached hydrogen (secondary N) is 2. The summed E-state index contributed by atoms with van der Waals surface area (Å²) in [5.41, 5.74) is 1.07. The molecule has 1 saturated carbocycles. The number of rotatable bonds is 6. The van der Waals surface area contributed by atoms with E-state index >= 15 is 0 Å². The fourth-order valence-corrected chi connectivity index (χ4v) is 1.86. The second-order valence-electron chi connectivity index (χ2n) is 4.82. The summed E-state index contributed by atoms with van der Waals surface area (Å²) in [5, 5.41) is 6.62. The Labute approximate surface area is 148 Å². The molecular weight excluding hydrogens is 393 g/mol. The number of terminal acetylenes is 1. The molecule has 1 aliphatic carbocycles. The van der Waals surface area contributed by atoms with E-state index < -0.39 is 0 Å². The Bertz CT molecular complexity index is 551. The van der Waals surface area contributed by atoms with Crippen molar-refractivity contribution >= 4 is 29.9 Å². The third-order valence-corrected chi connectivity index (χ3v) is 3.14. The van der Waals surface area contributed by atoms with Crippen LogP contribution in [0, 0.1) is 12.3 Å². The molecule has 1 aliphatic rings. The zero-order chi connectivity index (χ0) is 15.1. The van der Waals surface area contributed by atoms with Crippen LogP contribution in [0.5, 0.6) is 11.5 Å². The highest BCUT2D eigenvalue weighted by Crippen LogP contribution is 2.28. The van der Waals surface area contributed by atoms with Crippen molar-refractivity contribution in [3.05, 3.63) is 23.8 Å². The lowest BCUT2D eigenvalue weighted by Gasteiger charge is -2.13. The summed E-state index contributed by atoms with van der Waals surface area (Å²) in [4.78, 5) is 4.20. The third kappa shape index (κ3) is 5.64. The number of guanidine groups is 1. The summed E-state index contributed by atoms with van der Waals surface area (Å²) >= 11 is 0. The number of halogens is 1.